The molecule has 1 aromatic rings. The van der Waals surface area contributed by atoms with Gasteiger partial charge in [0, 0.05) is 29.9 Å². The monoisotopic (exact) mass is 386 g/mol. The maximum atomic E-state index is 11.1. The van der Waals surface area contributed by atoms with Crippen LogP contribution in [0.5, 0.6) is 0 Å². The topological polar surface area (TPSA) is 82.6 Å². The molecule has 1 saturated carbocycles. The minimum atomic E-state index is -3.15. The average Bonchev–Trinajstić information content (AvgIpc) is 3.11. The van der Waals surface area contributed by atoms with E-state index in [1.165, 1.54) is 43.2 Å². The Hall–Kier alpha value is -1.12. The van der Waals surface area contributed by atoms with Crippen molar-refractivity contribution in [1.29, 1.82) is 0 Å². The third kappa shape index (κ3) is 6.60. The second kappa shape index (κ2) is 9.54. The molecule has 1 aromatic heterocycles. The number of thiophene rings is 1. The first kappa shape index (κ1) is 20.2. The second-order valence-electron chi connectivity index (χ2n) is 6.61. The predicted octanol–water partition coefficient (Wildman–Crippen LogP) is 2.05. The zero-order chi connectivity index (χ0) is 18.2. The SMILES string of the molecule is CCNC(=NCC1(c2cccs2)CCCCC1)NCCNS(C)(=O)=O. The fourth-order valence-corrected chi connectivity index (χ4v) is 4.73. The number of nitrogens with zero attached hydrogens (tertiary/aromatic N) is 1. The molecule has 3 N–H and O–H groups in total. The second-order valence-corrected chi connectivity index (χ2v) is 9.39. The van der Waals surface area contributed by atoms with Crippen molar-refractivity contribution in [3.8, 4) is 0 Å². The normalized spacial score (nSPS) is 18.1. The van der Waals surface area contributed by atoms with Gasteiger partial charge >= 0.3 is 0 Å². The largest absolute Gasteiger partial charge is 0.357 e. The van der Waals surface area contributed by atoms with E-state index in [-0.39, 0.29) is 5.41 Å². The summed E-state index contributed by atoms with van der Waals surface area (Å²) >= 11 is 1.83. The van der Waals surface area contributed by atoms with Crippen molar-refractivity contribution in [2.45, 2.75) is 44.4 Å². The van der Waals surface area contributed by atoms with Crippen LogP contribution in [0, 0.1) is 0 Å². The summed E-state index contributed by atoms with van der Waals surface area (Å²) in [6, 6.07) is 4.36. The molecule has 0 aliphatic heterocycles. The average molecular weight is 387 g/mol. The Labute approximate surface area is 155 Å². The molecule has 8 heteroatoms. The first-order valence-corrected chi connectivity index (χ1v) is 11.7. The van der Waals surface area contributed by atoms with Crippen LogP contribution < -0.4 is 15.4 Å². The number of aliphatic imine (C=N–C) groups is 1. The molecule has 1 fully saturated rings. The van der Waals surface area contributed by atoms with Gasteiger partial charge in [-0.1, -0.05) is 25.3 Å². The summed E-state index contributed by atoms with van der Waals surface area (Å²) in [7, 11) is -3.15. The lowest BCUT2D eigenvalue weighted by Gasteiger charge is -2.35. The molecule has 2 rings (SSSR count). The third-order valence-electron chi connectivity index (χ3n) is 4.52. The molecule has 1 aliphatic carbocycles. The van der Waals surface area contributed by atoms with Crippen LogP contribution in [0.15, 0.2) is 22.5 Å². The Bertz CT molecular complexity index is 636. The van der Waals surface area contributed by atoms with E-state index in [9.17, 15) is 8.42 Å². The molecule has 0 spiro atoms. The highest BCUT2D eigenvalue weighted by atomic mass is 32.2. The molecule has 0 atom stereocenters. The first-order chi connectivity index (χ1) is 12.0. The highest BCUT2D eigenvalue weighted by molar-refractivity contribution is 7.88. The van der Waals surface area contributed by atoms with Crippen LogP contribution in [-0.2, 0) is 15.4 Å². The quantitative estimate of drug-likeness (QED) is 0.363. The highest BCUT2D eigenvalue weighted by Crippen LogP contribution is 2.41. The number of hydrogen-bond acceptors (Lipinski definition) is 4. The first-order valence-electron chi connectivity index (χ1n) is 8.96. The smallest absolute Gasteiger partial charge is 0.208 e. The molecule has 0 radical (unpaired) electrons. The van der Waals surface area contributed by atoms with Crippen LogP contribution in [0.25, 0.3) is 0 Å². The Morgan fingerprint density at radius 3 is 2.60 bits per heavy atom. The Morgan fingerprint density at radius 1 is 1.24 bits per heavy atom. The van der Waals surface area contributed by atoms with Crippen molar-refractivity contribution in [2.75, 3.05) is 32.4 Å². The zero-order valence-electron chi connectivity index (χ0n) is 15.2. The van der Waals surface area contributed by atoms with Crippen LogP contribution in [0.1, 0.15) is 43.9 Å². The summed E-state index contributed by atoms with van der Waals surface area (Å²) < 4.78 is 24.7. The van der Waals surface area contributed by atoms with Gasteiger partial charge in [0.15, 0.2) is 5.96 Å². The molecule has 0 unspecified atom stereocenters. The maximum absolute atomic E-state index is 11.1. The predicted molar refractivity (Wildman–Crippen MR) is 106 cm³/mol. The Morgan fingerprint density at radius 2 is 2.00 bits per heavy atom. The minimum absolute atomic E-state index is 0.153. The third-order valence-corrected chi connectivity index (χ3v) is 6.37. The molecule has 0 saturated heterocycles. The molecule has 0 bridgehead atoms. The Kier molecular flexibility index (Phi) is 7.71. The lowest BCUT2D eigenvalue weighted by atomic mass is 9.73. The van der Waals surface area contributed by atoms with Gasteiger partial charge in [-0.3, -0.25) is 4.99 Å². The van der Waals surface area contributed by atoms with E-state index in [1.54, 1.807) is 0 Å². The van der Waals surface area contributed by atoms with Crippen LogP contribution in [0.2, 0.25) is 0 Å². The standard InChI is InChI=1S/C17H30N4O2S2/c1-3-18-16(19-11-12-21-25(2,22)23)20-14-17(9-5-4-6-10-17)15-8-7-13-24-15/h7-8,13,21H,3-6,9-12,14H2,1-2H3,(H2,18,19,20). The van der Waals surface area contributed by atoms with Crippen molar-refractivity contribution in [3.63, 3.8) is 0 Å². The summed E-state index contributed by atoms with van der Waals surface area (Å²) in [6.07, 6.45) is 7.37. The number of sulfonamides is 1. The van der Waals surface area contributed by atoms with Gasteiger partial charge in [0.1, 0.15) is 0 Å². The number of nitrogens with one attached hydrogen (secondary N) is 3. The van der Waals surface area contributed by atoms with E-state index in [4.69, 9.17) is 4.99 Å². The van der Waals surface area contributed by atoms with Gasteiger partial charge in [0.25, 0.3) is 0 Å². The number of guanidine groups is 1. The van der Waals surface area contributed by atoms with Crippen molar-refractivity contribution in [1.82, 2.24) is 15.4 Å². The lowest BCUT2D eigenvalue weighted by Crippen LogP contribution is -2.42. The van der Waals surface area contributed by atoms with Crippen molar-refractivity contribution in [3.05, 3.63) is 22.4 Å². The fourth-order valence-electron chi connectivity index (χ4n) is 3.28. The summed E-state index contributed by atoms with van der Waals surface area (Å²) in [5.41, 5.74) is 0.153. The Balaban J connectivity index is 1.99. The summed E-state index contributed by atoms with van der Waals surface area (Å²) in [5.74, 6) is 0.749. The van der Waals surface area contributed by atoms with E-state index in [2.05, 4.69) is 32.9 Å². The number of hydrogen-bond donors (Lipinski definition) is 3. The van der Waals surface area contributed by atoms with Gasteiger partial charge in [-0.15, -0.1) is 11.3 Å². The van der Waals surface area contributed by atoms with Gasteiger partial charge in [-0.05, 0) is 31.2 Å². The van der Waals surface area contributed by atoms with Gasteiger partial charge < -0.3 is 10.6 Å². The van der Waals surface area contributed by atoms with Crippen LogP contribution in [0.4, 0.5) is 0 Å². The van der Waals surface area contributed by atoms with E-state index in [0.29, 0.717) is 13.1 Å². The summed E-state index contributed by atoms with van der Waals surface area (Å²) in [5, 5.41) is 8.61. The van der Waals surface area contributed by atoms with Crippen LogP contribution in [-0.4, -0.2) is 46.8 Å². The van der Waals surface area contributed by atoms with Crippen molar-refractivity contribution in [2.24, 2.45) is 4.99 Å². The zero-order valence-corrected chi connectivity index (χ0v) is 16.8. The summed E-state index contributed by atoms with van der Waals surface area (Å²) in [4.78, 5) is 6.26. The molecule has 0 amide bonds. The van der Waals surface area contributed by atoms with Crippen molar-refractivity contribution >= 4 is 27.3 Å². The summed E-state index contributed by atoms with van der Waals surface area (Å²) in [6.45, 7) is 4.42. The minimum Gasteiger partial charge on any atom is -0.357 e. The van der Waals surface area contributed by atoms with Gasteiger partial charge in [-0.25, -0.2) is 13.1 Å². The highest BCUT2D eigenvalue weighted by Gasteiger charge is 2.34. The molecular formula is C17H30N4O2S2. The fraction of sp³-hybridized carbons (Fsp3) is 0.706. The van der Waals surface area contributed by atoms with E-state index < -0.39 is 10.0 Å². The van der Waals surface area contributed by atoms with Gasteiger partial charge in [0.05, 0.1) is 12.8 Å². The van der Waals surface area contributed by atoms with E-state index >= 15 is 0 Å². The van der Waals surface area contributed by atoms with Gasteiger partial charge in [0.2, 0.25) is 10.0 Å². The van der Waals surface area contributed by atoms with Crippen molar-refractivity contribution < 1.29 is 8.42 Å². The van der Waals surface area contributed by atoms with Crippen LogP contribution >= 0.6 is 11.3 Å². The molecule has 1 heterocycles. The molecule has 1 aliphatic rings. The van der Waals surface area contributed by atoms with Gasteiger partial charge in [-0.2, -0.15) is 0 Å². The van der Waals surface area contributed by atoms with E-state index in [0.717, 1.165) is 19.0 Å². The number of rotatable bonds is 8. The van der Waals surface area contributed by atoms with Crippen LogP contribution in [0.3, 0.4) is 0 Å². The molecule has 142 valence electrons. The maximum Gasteiger partial charge on any atom is 0.208 e. The lowest BCUT2D eigenvalue weighted by molar-refractivity contribution is 0.306. The van der Waals surface area contributed by atoms with E-state index in [1.807, 2.05) is 18.3 Å². The molecule has 6 nitrogen and oxygen atoms in total. The molecule has 0 aromatic carbocycles. The molecule has 25 heavy (non-hydrogen) atoms. The molecular weight excluding hydrogens is 356 g/mol.